The van der Waals surface area contributed by atoms with Gasteiger partial charge >= 0.3 is 0 Å². The van der Waals surface area contributed by atoms with E-state index in [1.165, 1.54) is 0 Å². The first kappa shape index (κ1) is 21.0. The fourth-order valence-electron chi connectivity index (χ4n) is 3.92. The van der Waals surface area contributed by atoms with Gasteiger partial charge in [0, 0.05) is 24.9 Å². The number of nitrogens with one attached hydrogen (secondary N) is 1. The molecule has 0 radical (unpaired) electrons. The zero-order chi connectivity index (χ0) is 20.5. The quantitative estimate of drug-likeness (QED) is 0.742. The number of carbonyl (C=O) groups excluding carboxylic acids is 1. The van der Waals surface area contributed by atoms with E-state index in [0.717, 1.165) is 28.6 Å². The fourth-order valence-corrected chi connectivity index (χ4v) is 5.55. The number of amides is 1. The van der Waals surface area contributed by atoms with Crippen molar-refractivity contribution < 1.29 is 30.8 Å². The first-order valence-corrected chi connectivity index (χ1v) is 10.6. The summed E-state index contributed by atoms with van der Waals surface area (Å²) in [7, 11) is -4.24. The number of alkyl halides is 3. The molecule has 5 nitrogen and oxygen atoms in total. The maximum absolute atomic E-state index is 14.0. The maximum Gasteiger partial charge on any atom is 0.243 e. The zero-order valence-electron chi connectivity index (χ0n) is 15.0. The van der Waals surface area contributed by atoms with Crippen LogP contribution in [0.25, 0.3) is 0 Å². The Morgan fingerprint density at radius 2 is 1.79 bits per heavy atom. The highest BCUT2D eigenvalue weighted by molar-refractivity contribution is 7.89. The van der Waals surface area contributed by atoms with E-state index in [-0.39, 0.29) is 17.7 Å². The average molecular weight is 422 g/mol. The molecular weight excluding hydrogens is 400 g/mol. The van der Waals surface area contributed by atoms with Gasteiger partial charge in [0.15, 0.2) is 0 Å². The van der Waals surface area contributed by atoms with E-state index in [4.69, 9.17) is 0 Å². The SMILES string of the molecule is O=C(NC1CCCCC1C(F)F)[C@@H]1C[C@@H](F)CN1S(=O)(=O)c1ccc(F)cc1. The minimum atomic E-state index is -4.24. The Kier molecular flexibility index (Phi) is 6.28. The molecule has 10 heteroatoms. The number of rotatable bonds is 5. The minimum Gasteiger partial charge on any atom is -0.351 e. The molecule has 1 saturated carbocycles. The van der Waals surface area contributed by atoms with Crippen LogP contribution in [0.1, 0.15) is 32.1 Å². The molecule has 2 unspecified atom stereocenters. The summed E-state index contributed by atoms with van der Waals surface area (Å²) in [6.07, 6.45) is -2.53. The summed E-state index contributed by atoms with van der Waals surface area (Å²) in [5.41, 5.74) is 0. The van der Waals surface area contributed by atoms with Crippen LogP contribution in [0, 0.1) is 11.7 Å². The normalized spacial score (nSPS) is 29.2. The monoisotopic (exact) mass is 422 g/mol. The molecule has 3 rings (SSSR count). The molecule has 0 spiro atoms. The number of halogens is 4. The van der Waals surface area contributed by atoms with E-state index >= 15 is 0 Å². The van der Waals surface area contributed by atoms with Crippen LogP contribution in [0.2, 0.25) is 0 Å². The van der Waals surface area contributed by atoms with Crippen LogP contribution < -0.4 is 5.32 Å². The van der Waals surface area contributed by atoms with Gasteiger partial charge in [0.05, 0.1) is 4.90 Å². The van der Waals surface area contributed by atoms with Gasteiger partial charge in [0.25, 0.3) is 0 Å². The molecule has 4 atom stereocenters. The van der Waals surface area contributed by atoms with Crippen molar-refractivity contribution in [1.29, 1.82) is 0 Å². The number of nitrogens with zero attached hydrogens (tertiary/aromatic N) is 1. The molecule has 1 N–H and O–H groups in total. The smallest absolute Gasteiger partial charge is 0.243 e. The molecule has 2 fully saturated rings. The number of benzene rings is 1. The Bertz CT molecular complexity index is 804. The van der Waals surface area contributed by atoms with Crippen molar-refractivity contribution in [2.45, 2.75) is 61.7 Å². The third-order valence-electron chi connectivity index (χ3n) is 5.40. The second kappa shape index (κ2) is 8.36. The second-order valence-electron chi connectivity index (χ2n) is 7.28. The number of hydrogen-bond acceptors (Lipinski definition) is 3. The zero-order valence-corrected chi connectivity index (χ0v) is 15.8. The third kappa shape index (κ3) is 4.32. The lowest BCUT2D eigenvalue weighted by atomic mass is 9.84. The van der Waals surface area contributed by atoms with E-state index in [1.807, 2.05) is 0 Å². The van der Waals surface area contributed by atoms with Crippen molar-refractivity contribution in [2.24, 2.45) is 5.92 Å². The largest absolute Gasteiger partial charge is 0.351 e. The number of sulfonamides is 1. The molecule has 0 aromatic heterocycles. The Morgan fingerprint density at radius 1 is 1.14 bits per heavy atom. The van der Waals surface area contributed by atoms with Crippen molar-refractivity contribution >= 4 is 15.9 Å². The van der Waals surface area contributed by atoms with Gasteiger partial charge in [-0.2, -0.15) is 4.31 Å². The summed E-state index contributed by atoms with van der Waals surface area (Å²) in [6, 6.07) is 1.90. The fraction of sp³-hybridized carbons (Fsp3) is 0.611. The molecule has 1 aromatic rings. The lowest BCUT2D eigenvalue weighted by Crippen LogP contribution is -2.52. The molecule has 1 saturated heterocycles. The van der Waals surface area contributed by atoms with Gasteiger partial charge in [-0.25, -0.2) is 26.0 Å². The topological polar surface area (TPSA) is 66.5 Å². The van der Waals surface area contributed by atoms with E-state index in [0.29, 0.717) is 19.3 Å². The van der Waals surface area contributed by atoms with E-state index in [9.17, 15) is 30.8 Å². The van der Waals surface area contributed by atoms with E-state index in [2.05, 4.69) is 5.32 Å². The van der Waals surface area contributed by atoms with Gasteiger partial charge in [0.2, 0.25) is 22.4 Å². The second-order valence-corrected chi connectivity index (χ2v) is 9.17. The first-order chi connectivity index (χ1) is 13.2. The lowest BCUT2D eigenvalue weighted by molar-refractivity contribution is -0.126. The average Bonchev–Trinajstić information content (AvgIpc) is 3.05. The van der Waals surface area contributed by atoms with Crippen LogP contribution in [-0.2, 0) is 14.8 Å². The summed E-state index contributed by atoms with van der Waals surface area (Å²) in [5.74, 6) is -2.40. The van der Waals surface area contributed by atoms with Crippen molar-refractivity contribution in [2.75, 3.05) is 6.54 Å². The molecule has 156 valence electrons. The third-order valence-corrected chi connectivity index (χ3v) is 7.29. The van der Waals surface area contributed by atoms with E-state index < -0.39 is 58.9 Å². The molecule has 1 aliphatic carbocycles. The van der Waals surface area contributed by atoms with Gasteiger partial charge in [-0.05, 0) is 37.1 Å². The van der Waals surface area contributed by atoms with Gasteiger partial charge in [-0.3, -0.25) is 4.79 Å². The van der Waals surface area contributed by atoms with Gasteiger partial charge in [0.1, 0.15) is 18.0 Å². The number of hydrogen-bond donors (Lipinski definition) is 1. The van der Waals surface area contributed by atoms with Crippen LogP contribution in [0.5, 0.6) is 0 Å². The summed E-state index contributed by atoms with van der Waals surface area (Å²) in [5, 5.41) is 2.52. The molecular formula is C18H22F4N2O3S. The summed E-state index contributed by atoms with van der Waals surface area (Å²) < 4.78 is 79.9. The molecule has 1 heterocycles. The van der Waals surface area contributed by atoms with Crippen molar-refractivity contribution in [3.05, 3.63) is 30.1 Å². The maximum atomic E-state index is 14.0. The van der Waals surface area contributed by atoms with Crippen LogP contribution in [-0.4, -0.2) is 49.9 Å². The van der Waals surface area contributed by atoms with Crippen LogP contribution in [0.4, 0.5) is 17.6 Å². The van der Waals surface area contributed by atoms with Crippen LogP contribution in [0.3, 0.4) is 0 Å². The first-order valence-electron chi connectivity index (χ1n) is 9.20. The molecule has 28 heavy (non-hydrogen) atoms. The van der Waals surface area contributed by atoms with Crippen molar-refractivity contribution in [3.63, 3.8) is 0 Å². The highest BCUT2D eigenvalue weighted by Crippen LogP contribution is 2.31. The summed E-state index contributed by atoms with van der Waals surface area (Å²) in [4.78, 5) is 12.4. The van der Waals surface area contributed by atoms with Gasteiger partial charge in [-0.15, -0.1) is 0 Å². The van der Waals surface area contributed by atoms with Gasteiger partial charge in [-0.1, -0.05) is 12.8 Å². The molecule has 2 aliphatic rings. The highest BCUT2D eigenvalue weighted by Gasteiger charge is 2.45. The minimum absolute atomic E-state index is 0.260. The predicted octanol–water partition coefficient (Wildman–Crippen LogP) is 2.87. The Labute approximate surface area is 161 Å². The Morgan fingerprint density at radius 3 is 2.43 bits per heavy atom. The lowest BCUT2D eigenvalue weighted by Gasteiger charge is -2.33. The van der Waals surface area contributed by atoms with Gasteiger partial charge < -0.3 is 5.32 Å². The number of carbonyl (C=O) groups is 1. The van der Waals surface area contributed by atoms with Crippen LogP contribution in [0.15, 0.2) is 29.2 Å². The highest BCUT2D eigenvalue weighted by atomic mass is 32.2. The van der Waals surface area contributed by atoms with Crippen molar-refractivity contribution in [3.8, 4) is 0 Å². The summed E-state index contributed by atoms with van der Waals surface area (Å²) >= 11 is 0. The predicted molar refractivity (Wildman–Crippen MR) is 93.5 cm³/mol. The molecule has 1 amide bonds. The molecule has 1 aromatic carbocycles. The standard InChI is InChI=1S/C18H22F4N2O3S/c19-11-5-7-13(8-6-11)28(26,27)24-10-12(20)9-16(24)18(25)23-15-4-2-1-3-14(15)17(21)22/h5-8,12,14-17H,1-4,9-10H2,(H,23,25)/t12-,14?,15?,16+/m1/s1. The molecule has 1 aliphatic heterocycles. The Balaban J connectivity index is 1.79. The van der Waals surface area contributed by atoms with Crippen LogP contribution >= 0.6 is 0 Å². The molecule has 0 bridgehead atoms. The van der Waals surface area contributed by atoms with E-state index in [1.54, 1.807) is 0 Å². The van der Waals surface area contributed by atoms with Crippen molar-refractivity contribution in [1.82, 2.24) is 9.62 Å². The summed E-state index contributed by atoms with van der Waals surface area (Å²) in [6.45, 7) is -0.513. The Hall–Kier alpha value is -1.68.